The monoisotopic (exact) mass is 360 g/mol. The molecule has 0 radical (unpaired) electrons. The zero-order chi connectivity index (χ0) is 15.4. The number of halogens is 3. The molecule has 110 valence electrons. The number of nitrogens with two attached hydrogens (primary N) is 1. The van der Waals surface area contributed by atoms with Crippen molar-refractivity contribution in [3.8, 4) is 0 Å². The van der Waals surface area contributed by atoms with Gasteiger partial charge in [0.15, 0.2) is 0 Å². The number of anilines is 2. The third kappa shape index (κ3) is 4.71. The molecule has 2 aromatic carbocycles. The van der Waals surface area contributed by atoms with Gasteiger partial charge in [-0.2, -0.15) is 0 Å². The summed E-state index contributed by atoms with van der Waals surface area (Å²) in [6.07, 6.45) is 0. The van der Waals surface area contributed by atoms with E-state index >= 15 is 0 Å². The van der Waals surface area contributed by atoms with Crippen LogP contribution in [0.15, 0.2) is 41.3 Å². The standard InChI is InChI=1S/C14H11Cl3N2OS/c15-8-1-3-11(17)13(5-8)21-7-14(20)19-12-6-9(18)2-4-10(12)16/h1-6H,7,18H2,(H,19,20). The maximum Gasteiger partial charge on any atom is 0.234 e. The smallest absolute Gasteiger partial charge is 0.234 e. The van der Waals surface area contributed by atoms with Gasteiger partial charge in [0.2, 0.25) is 5.91 Å². The number of hydrogen-bond acceptors (Lipinski definition) is 3. The predicted octanol–water partition coefficient (Wildman–Crippen LogP) is 4.96. The van der Waals surface area contributed by atoms with E-state index in [9.17, 15) is 4.79 Å². The molecule has 2 aromatic rings. The number of carbonyl (C=O) groups excluding carboxylic acids is 1. The molecule has 21 heavy (non-hydrogen) atoms. The third-order valence-corrected chi connectivity index (χ3v) is 4.58. The van der Waals surface area contributed by atoms with Gasteiger partial charge in [-0.3, -0.25) is 4.79 Å². The summed E-state index contributed by atoms with van der Waals surface area (Å²) in [5.41, 5.74) is 6.67. The molecule has 2 rings (SSSR count). The molecule has 1 amide bonds. The summed E-state index contributed by atoms with van der Waals surface area (Å²) in [5, 5.41) is 4.27. The fraction of sp³-hybridized carbons (Fsp3) is 0.0714. The molecule has 0 unspecified atom stereocenters. The number of benzene rings is 2. The first kappa shape index (κ1) is 16.3. The van der Waals surface area contributed by atoms with Gasteiger partial charge in [-0.25, -0.2) is 0 Å². The van der Waals surface area contributed by atoms with Crippen LogP contribution in [0.4, 0.5) is 11.4 Å². The second-order valence-corrected chi connectivity index (χ2v) is 6.42. The molecular formula is C14H11Cl3N2OS. The van der Waals surface area contributed by atoms with Gasteiger partial charge in [-0.1, -0.05) is 34.8 Å². The quantitative estimate of drug-likeness (QED) is 0.598. The Balaban J connectivity index is 1.99. The fourth-order valence-corrected chi connectivity index (χ4v) is 3.01. The molecule has 7 heteroatoms. The first-order valence-electron chi connectivity index (χ1n) is 5.88. The molecule has 0 heterocycles. The lowest BCUT2D eigenvalue weighted by Crippen LogP contribution is -2.14. The van der Waals surface area contributed by atoms with Crippen LogP contribution in [0, 0.1) is 0 Å². The number of rotatable bonds is 4. The Kier molecular flexibility index (Phi) is 5.65. The molecule has 0 bridgehead atoms. The number of nitrogens with one attached hydrogen (secondary N) is 1. The summed E-state index contributed by atoms with van der Waals surface area (Å²) in [6, 6.07) is 10.0. The Hall–Kier alpha value is -1.07. The van der Waals surface area contributed by atoms with Gasteiger partial charge in [-0.15, -0.1) is 11.8 Å². The maximum atomic E-state index is 11.9. The zero-order valence-corrected chi connectivity index (χ0v) is 13.8. The first-order valence-corrected chi connectivity index (χ1v) is 8.00. The third-order valence-electron chi connectivity index (χ3n) is 2.52. The Morgan fingerprint density at radius 1 is 1.10 bits per heavy atom. The second kappa shape index (κ2) is 7.27. The van der Waals surface area contributed by atoms with Crippen LogP contribution < -0.4 is 11.1 Å². The topological polar surface area (TPSA) is 55.1 Å². The van der Waals surface area contributed by atoms with E-state index in [-0.39, 0.29) is 11.7 Å². The van der Waals surface area contributed by atoms with Gasteiger partial charge in [0.05, 0.1) is 21.5 Å². The van der Waals surface area contributed by atoms with Gasteiger partial charge in [0.1, 0.15) is 0 Å². The second-order valence-electron chi connectivity index (χ2n) is 4.15. The molecule has 0 saturated heterocycles. The van der Waals surface area contributed by atoms with Crippen LogP contribution in [0.25, 0.3) is 0 Å². The van der Waals surface area contributed by atoms with Crippen molar-refractivity contribution in [3.05, 3.63) is 51.5 Å². The molecule has 3 nitrogen and oxygen atoms in total. The highest BCUT2D eigenvalue weighted by molar-refractivity contribution is 8.00. The molecule has 0 aromatic heterocycles. The van der Waals surface area contributed by atoms with E-state index in [1.165, 1.54) is 11.8 Å². The highest BCUT2D eigenvalue weighted by Gasteiger charge is 2.09. The molecule has 0 aliphatic carbocycles. The van der Waals surface area contributed by atoms with Crippen molar-refractivity contribution in [2.75, 3.05) is 16.8 Å². The number of amides is 1. The Bertz CT molecular complexity index is 679. The van der Waals surface area contributed by atoms with Gasteiger partial charge in [0.25, 0.3) is 0 Å². The SMILES string of the molecule is Nc1ccc(Cl)c(NC(=O)CSc2cc(Cl)ccc2Cl)c1. The molecule has 0 spiro atoms. The highest BCUT2D eigenvalue weighted by atomic mass is 35.5. The minimum absolute atomic E-state index is 0.186. The average Bonchev–Trinajstić information content (AvgIpc) is 2.44. The highest BCUT2D eigenvalue weighted by Crippen LogP contribution is 2.30. The van der Waals surface area contributed by atoms with Crippen LogP contribution in [0.1, 0.15) is 0 Å². The molecule has 0 fully saturated rings. The lowest BCUT2D eigenvalue weighted by atomic mass is 10.3. The lowest BCUT2D eigenvalue weighted by molar-refractivity contribution is -0.113. The normalized spacial score (nSPS) is 10.4. The first-order chi connectivity index (χ1) is 9.95. The van der Waals surface area contributed by atoms with E-state index in [1.54, 1.807) is 36.4 Å². The van der Waals surface area contributed by atoms with Gasteiger partial charge >= 0.3 is 0 Å². The number of carbonyl (C=O) groups is 1. The van der Waals surface area contributed by atoms with Crippen molar-refractivity contribution in [2.45, 2.75) is 4.90 Å². The van der Waals surface area contributed by atoms with Gasteiger partial charge in [0, 0.05) is 15.6 Å². The zero-order valence-electron chi connectivity index (χ0n) is 10.7. The van der Waals surface area contributed by atoms with Crippen molar-refractivity contribution in [1.82, 2.24) is 0 Å². The van der Waals surface area contributed by atoms with E-state index in [0.29, 0.717) is 26.4 Å². The summed E-state index contributed by atoms with van der Waals surface area (Å²) in [5.74, 6) is -0.0193. The van der Waals surface area contributed by atoms with Gasteiger partial charge in [-0.05, 0) is 36.4 Å². The van der Waals surface area contributed by atoms with E-state index in [2.05, 4.69) is 5.32 Å². The minimum atomic E-state index is -0.205. The van der Waals surface area contributed by atoms with Crippen molar-refractivity contribution in [1.29, 1.82) is 0 Å². The van der Waals surface area contributed by atoms with Crippen LogP contribution in [0.5, 0.6) is 0 Å². The number of nitrogen functional groups attached to an aromatic ring is 1. The summed E-state index contributed by atoms with van der Waals surface area (Å²) < 4.78 is 0. The van der Waals surface area contributed by atoms with E-state index in [0.717, 1.165) is 4.90 Å². The van der Waals surface area contributed by atoms with Crippen LogP contribution in [0.2, 0.25) is 15.1 Å². The largest absolute Gasteiger partial charge is 0.399 e. The van der Waals surface area contributed by atoms with Crippen LogP contribution >= 0.6 is 46.6 Å². The predicted molar refractivity (Wildman–Crippen MR) is 91.7 cm³/mol. The van der Waals surface area contributed by atoms with E-state index in [4.69, 9.17) is 40.5 Å². The summed E-state index contributed by atoms with van der Waals surface area (Å²) in [7, 11) is 0. The molecular weight excluding hydrogens is 351 g/mol. The van der Waals surface area contributed by atoms with Crippen LogP contribution in [-0.4, -0.2) is 11.7 Å². The maximum absolute atomic E-state index is 11.9. The summed E-state index contributed by atoms with van der Waals surface area (Å²) in [6.45, 7) is 0. The van der Waals surface area contributed by atoms with Crippen molar-refractivity contribution < 1.29 is 4.79 Å². The minimum Gasteiger partial charge on any atom is -0.399 e. The molecule has 0 saturated carbocycles. The van der Waals surface area contributed by atoms with Crippen molar-refractivity contribution >= 4 is 63.8 Å². The van der Waals surface area contributed by atoms with Crippen LogP contribution in [-0.2, 0) is 4.79 Å². The Morgan fingerprint density at radius 2 is 1.81 bits per heavy atom. The van der Waals surface area contributed by atoms with Crippen LogP contribution in [0.3, 0.4) is 0 Å². The Labute approximate surface area is 141 Å². The van der Waals surface area contributed by atoms with E-state index in [1.807, 2.05) is 0 Å². The Morgan fingerprint density at radius 3 is 2.57 bits per heavy atom. The molecule has 3 N–H and O–H groups in total. The number of hydrogen-bond donors (Lipinski definition) is 2. The summed E-state index contributed by atoms with van der Waals surface area (Å²) >= 11 is 19.2. The fourth-order valence-electron chi connectivity index (χ4n) is 1.56. The van der Waals surface area contributed by atoms with Gasteiger partial charge < -0.3 is 11.1 Å². The lowest BCUT2D eigenvalue weighted by Gasteiger charge is -2.08. The molecule has 0 aliphatic rings. The average molecular weight is 362 g/mol. The van der Waals surface area contributed by atoms with E-state index < -0.39 is 0 Å². The molecule has 0 atom stereocenters. The molecule has 0 aliphatic heterocycles. The summed E-state index contributed by atoms with van der Waals surface area (Å²) in [4.78, 5) is 12.7. The van der Waals surface area contributed by atoms with Crippen molar-refractivity contribution in [2.24, 2.45) is 0 Å². The van der Waals surface area contributed by atoms with Crippen molar-refractivity contribution in [3.63, 3.8) is 0 Å². The number of thioether (sulfide) groups is 1.